The standard InChI is InChI=1S/C18H26N2O4/c1-14(2)16(17(21)24-13-15-7-5-4-6-8-15)19(3)18(22)20-9-11-23-12-10-20/h4-8,14,16H,9-13H2,1-3H3/t16-/m0/s1. The van der Waals surface area contributed by atoms with Crippen LogP contribution in [-0.2, 0) is 20.9 Å². The molecule has 0 aromatic heterocycles. The smallest absolute Gasteiger partial charge is 0.329 e. The lowest BCUT2D eigenvalue weighted by molar-refractivity contribution is -0.151. The van der Waals surface area contributed by atoms with Crippen molar-refractivity contribution in [2.45, 2.75) is 26.5 Å². The van der Waals surface area contributed by atoms with Crippen LogP contribution in [0.3, 0.4) is 0 Å². The highest BCUT2D eigenvalue weighted by molar-refractivity contribution is 5.83. The molecule has 1 saturated heterocycles. The fourth-order valence-electron chi connectivity index (χ4n) is 2.79. The van der Waals surface area contributed by atoms with Crippen LogP contribution in [0.2, 0.25) is 0 Å². The van der Waals surface area contributed by atoms with Gasteiger partial charge >= 0.3 is 12.0 Å². The van der Waals surface area contributed by atoms with Crippen LogP contribution in [-0.4, -0.2) is 61.2 Å². The molecule has 1 aromatic carbocycles. The van der Waals surface area contributed by atoms with Crippen molar-refractivity contribution in [2.75, 3.05) is 33.4 Å². The van der Waals surface area contributed by atoms with Crippen LogP contribution in [0, 0.1) is 5.92 Å². The van der Waals surface area contributed by atoms with Crippen molar-refractivity contribution < 1.29 is 19.1 Å². The Morgan fingerprint density at radius 2 is 1.83 bits per heavy atom. The molecule has 0 saturated carbocycles. The van der Waals surface area contributed by atoms with Gasteiger partial charge in [-0.3, -0.25) is 0 Å². The Hall–Kier alpha value is -2.08. The summed E-state index contributed by atoms with van der Waals surface area (Å²) < 4.78 is 10.7. The van der Waals surface area contributed by atoms with E-state index in [1.165, 1.54) is 4.90 Å². The van der Waals surface area contributed by atoms with E-state index in [-0.39, 0.29) is 24.5 Å². The summed E-state index contributed by atoms with van der Waals surface area (Å²) in [5.41, 5.74) is 0.926. The molecule has 6 heteroatoms. The Morgan fingerprint density at radius 1 is 1.21 bits per heavy atom. The van der Waals surface area contributed by atoms with Crippen LogP contribution >= 0.6 is 0 Å². The van der Waals surface area contributed by atoms with Crippen molar-refractivity contribution in [3.63, 3.8) is 0 Å². The third-order valence-electron chi connectivity index (χ3n) is 4.10. The van der Waals surface area contributed by atoms with E-state index in [9.17, 15) is 9.59 Å². The SMILES string of the molecule is CC(C)[C@@H](C(=O)OCc1ccccc1)N(C)C(=O)N1CCOCC1. The van der Waals surface area contributed by atoms with Crippen LogP contribution in [0.4, 0.5) is 4.79 Å². The van der Waals surface area contributed by atoms with E-state index in [4.69, 9.17) is 9.47 Å². The van der Waals surface area contributed by atoms with Gasteiger partial charge in [0.05, 0.1) is 13.2 Å². The van der Waals surface area contributed by atoms with E-state index in [1.807, 2.05) is 44.2 Å². The van der Waals surface area contributed by atoms with Gasteiger partial charge in [-0.2, -0.15) is 0 Å². The number of morpholine rings is 1. The van der Waals surface area contributed by atoms with E-state index < -0.39 is 6.04 Å². The molecule has 1 heterocycles. The minimum absolute atomic E-state index is 0.0386. The number of carbonyl (C=O) groups excluding carboxylic acids is 2. The number of carbonyl (C=O) groups is 2. The summed E-state index contributed by atoms with van der Waals surface area (Å²) in [6.45, 7) is 6.20. The van der Waals surface area contributed by atoms with Gasteiger partial charge in [-0.15, -0.1) is 0 Å². The maximum absolute atomic E-state index is 12.6. The molecule has 1 atom stereocenters. The van der Waals surface area contributed by atoms with E-state index in [0.717, 1.165) is 5.56 Å². The van der Waals surface area contributed by atoms with Crippen molar-refractivity contribution in [3.05, 3.63) is 35.9 Å². The molecule has 0 N–H and O–H groups in total. The van der Waals surface area contributed by atoms with Gasteiger partial charge in [-0.1, -0.05) is 44.2 Å². The summed E-state index contributed by atoms with van der Waals surface area (Å²) in [4.78, 5) is 28.3. The van der Waals surface area contributed by atoms with E-state index >= 15 is 0 Å². The summed E-state index contributed by atoms with van der Waals surface area (Å²) in [5, 5.41) is 0. The van der Waals surface area contributed by atoms with Gasteiger partial charge in [-0.05, 0) is 11.5 Å². The van der Waals surface area contributed by atoms with E-state index in [1.54, 1.807) is 11.9 Å². The maximum Gasteiger partial charge on any atom is 0.329 e. The molecule has 2 amide bonds. The molecule has 0 unspecified atom stereocenters. The van der Waals surface area contributed by atoms with Gasteiger partial charge in [0.15, 0.2) is 0 Å². The zero-order valence-corrected chi connectivity index (χ0v) is 14.6. The Balaban J connectivity index is 1.98. The summed E-state index contributed by atoms with van der Waals surface area (Å²) in [6, 6.07) is 8.75. The summed E-state index contributed by atoms with van der Waals surface area (Å²) in [5.74, 6) is -0.416. The molecular formula is C18H26N2O4. The Morgan fingerprint density at radius 3 is 2.42 bits per heavy atom. The second-order valence-electron chi connectivity index (χ2n) is 6.28. The average Bonchev–Trinajstić information content (AvgIpc) is 2.60. The minimum atomic E-state index is -0.607. The van der Waals surface area contributed by atoms with Crippen molar-refractivity contribution in [1.82, 2.24) is 9.80 Å². The number of esters is 1. The topological polar surface area (TPSA) is 59.1 Å². The van der Waals surface area contributed by atoms with Crippen LogP contribution in [0.1, 0.15) is 19.4 Å². The first kappa shape index (κ1) is 18.3. The number of benzene rings is 1. The number of rotatable bonds is 5. The van der Waals surface area contributed by atoms with Gasteiger partial charge in [0.1, 0.15) is 12.6 Å². The normalized spacial score (nSPS) is 15.9. The molecule has 0 radical (unpaired) electrons. The second kappa shape index (κ2) is 8.68. The number of urea groups is 1. The molecule has 2 rings (SSSR count). The Kier molecular flexibility index (Phi) is 6.61. The molecule has 1 aliphatic heterocycles. The molecule has 6 nitrogen and oxygen atoms in total. The largest absolute Gasteiger partial charge is 0.459 e. The molecule has 1 fully saturated rings. The zero-order chi connectivity index (χ0) is 17.5. The number of likely N-dealkylation sites (N-methyl/N-ethyl adjacent to an activating group) is 1. The Bertz CT molecular complexity index is 541. The van der Waals surface area contributed by atoms with Crippen molar-refractivity contribution >= 4 is 12.0 Å². The predicted octanol–water partition coefficient (Wildman–Crippen LogP) is 2.14. The summed E-state index contributed by atoms with van der Waals surface area (Å²) in [6.07, 6.45) is 0. The third-order valence-corrected chi connectivity index (χ3v) is 4.10. The lowest BCUT2D eigenvalue weighted by atomic mass is 10.0. The average molecular weight is 334 g/mol. The monoisotopic (exact) mass is 334 g/mol. The van der Waals surface area contributed by atoms with E-state index in [0.29, 0.717) is 26.3 Å². The first-order chi connectivity index (χ1) is 11.5. The molecule has 1 aliphatic rings. The summed E-state index contributed by atoms with van der Waals surface area (Å²) in [7, 11) is 1.66. The second-order valence-corrected chi connectivity index (χ2v) is 6.28. The Labute approximate surface area is 143 Å². The maximum atomic E-state index is 12.6. The van der Waals surface area contributed by atoms with Crippen molar-refractivity contribution in [2.24, 2.45) is 5.92 Å². The molecular weight excluding hydrogens is 308 g/mol. The van der Waals surface area contributed by atoms with Crippen LogP contribution < -0.4 is 0 Å². The first-order valence-corrected chi connectivity index (χ1v) is 8.30. The quantitative estimate of drug-likeness (QED) is 0.774. The van der Waals surface area contributed by atoms with Gasteiger partial charge in [0.2, 0.25) is 0 Å². The highest BCUT2D eigenvalue weighted by atomic mass is 16.5. The minimum Gasteiger partial charge on any atom is -0.459 e. The molecule has 24 heavy (non-hydrogen) atoms. The first-order valence-electron chi connectivity index (χ1n) is 8.30. The molecule has 0 spiro atoms. The third kappa shape index (κ3) is 4.71. The summed E-state index contributed by atoms with van der Waals surface area (Å²) >= 11 is 0. The lowest BCUT2D eigenvalue weighted by Crippen LogP contribution is -2.53. The molecule has 132 valence electrons. The molecule has 0 aliphatic carbocycles. The fraction of sp³-hybridized carbons (Fsp3) is 0.556. The van der Waals surface area contributed by atoms with Crippen molar-refractivity contribution in [1.29, 1.82) is 0 Å². The van der Waals surface area contributed by atoms with Crippen LogP contribution in [0.25, 0.3) is 0 Å². The van der Waals surface area contributed by atoms with Gasteiger partial charge in [0, 0.05) is 20.1 Å². The van der Waals surface area contributed by atoms with E-state index in [2.05, 4.69) is 0 Å². The highest BCUT2D eigenvalue weighted by Gasteiger charge is 2.33. The predicted molar refractivity (Wildman–Crippen MR) is 90.4 cm³/mol. The number of hydrogen-bond acceptors (Lipinski definition) is 4. The van der Waals surface area contributed by atoms with Gasteiger partial charge in [-0.25, -0.2) is 9.59 Å². The highest BCUT2D eigenvalue weighted by Crippen LogP contribution is 2.15. The molecule has 1 aromatic rings. The number of hydrogen-bond donors (Lipinski definition) is 0. The van der Waals surface area contributed by atoms with Crippen molar-refractivity contribution in [3.8, 4) is 0 Å². The van der Waals surface area contributed by atoms with Gasteiger partial charge < -0.3 is 19.3 Å². The lowest BCUT2D eigenvalue weighted by Gasteiger charge is -2.35. The van der Waals surface area contributed by atoms with Crippen LogP contribution in [0.5, 0.6) is 0 Å². The number of ether oxygens (including phenoxy) is 2. The van der Waals surface area contributed by atoms with Crippen LogP contribution in [0.15, 0.2) is 30.3 Å². The van der Waals surface area contributed by atoms with Gasteiger partial charge in [0.25, 0.3) is 0 Å². The molecule has 0 bridgehead atoms. The fourth-order valence-corrected chi connectivity index (χ4v) is 2.79. The number of amides is 2. The number of nitrogens with zero attached hydrogens (tertiary/aromatic N) is 2. The zero-order valence-electron chi connectivity index (χ0n) is 14.6.